The van der Waals surface area contributed by atoms with Crippen LogP contribution in [0.4, 0.5) is 5.95 Å². The molecule has 0 aliphatic rings. The molecular weight excluding hydrogens is 368 g/mol. The van der Waals surface area contributed by atoms with Gasteiger partial charge >= 0.3 is 0 Å². The Labute approximate surface area is 167 Å². The van der Waals surface area contributed by atoms with E-state index in [0.717, 1.165) is 21.8 Å². The first-order valence-electron chi connectivity index (χ1n) is 9.09. The van der Waals surface area contributed by atoms with Gasteiger partial charge in [0.05, 0.1) is 5.69 Å². The number of rotatable bonds is 5. The SMILES string of the molecule is CC(C)c1ccc(/C=C/C(=O)Nc2nc3scc(-c4ccccc4)n3n2)cc1. The van der Waals surface area contributed by atoms with E-state index in [9.17, 15) is 4.79 Å². The second-order valence-electron chi connectivity index (χ2n) is 6.76. The molecule has 0 saturated heterocycles. The zero-order chi connectivity index (χ0) is 19.5. The summed E-state index contributed by atoms with van der Waals surface area (Å²) in [7, 11) is 0. The van der Waals surface area contributed by atoms with Crippen LogP contribution in [0.15, 0.2) is 66.1 Å². The molecule has 28 heavy (non-hydrogen) atoms. The lowest BCUT2D eigenvalue weighted by molar-refractivity contribution is -0.111. The first kappa shape index (κ1) is 18.1. The molecular formula is C22H20N4OS. The monoisotopic (exact) mass is 388 g/mol. The third kappa shape index (κ3) is 3.87. The lowest BCUT2D eigenvalue weighted by Gasteiger charge is -2.04. The summed E-state index contributed by atoms with van der Waals surface area (Å²) in [5, 5.41) is 9.17. The zero-order valence-corrected chi connectivity index (χ0v) is 16.5. The molecule has 0 aliphatic heterocycles. The Morgan fingerprint density at radius 3 is 2.57 bits per heavy atom. The minimum Gasteiger partial charge on any atom is -0.290 e. The van der Waals surface area contributed by atoms with Crippen LogP contribution in [0.3, 0.4) is 0 Å². The molecule has 0 fully saturated rings. The average Bonchev–Trinajstić information content (AvgIpc) is 3.27. The number of aromatic nitrogens is 3. The number of nitrogens with one attached hydrogen (secondary N) is 1. The van der Waals surface area contributed by atoms with Crippen LogP contribution in [0.5, 0.6) is 0 Å². The van der Waals surface area contributed by atoms with Gasteiger partial charge in [-0.05, 0) is 23.1 Å². The van der Waals surface area contributed by atoms with E-state index in [0.29, 0.717) is 11.9 Å². The number of carbonyl (C=O) groups excluding carboxylic acids is 1. The number of hydrogen-bond donors (Lipinski definition) is 1. The second kappa shape index (κ2) is 7.78. The maximum absolute atomic E-state index is 12.2. The number of thiazole rings is 1. The third-order valence-electron chi connectivity index (χ3n) is 4.42. The molecule has 0 spiro atoms. The van der Waals surface area contributed by atoms with Crippen LogP contribution in [-0.2, 0) is 4.79 Å². The standard InChI is InChI=1S/C22H20N4OS/c1-15(2)17-11-8-16(9-12-17)10-13-20(27)23-21-24-22-26(25-21)19(14-28-22)18-6-4-3-5-7-18/h3-15H,1-2H3,(H,23,25,27)/b13-10+. The van der Waals surface area contributed by atoms with Gasteiger partial charge < -0.3 is 0 Å². The van der Waals surface area contributed by atoms with Crippen LogP contribution in [-0.4, -0.2) is 20.5 Å². The highest BCUT2D eigenvalue weighted by Crippen LogP contribution is 2.25. The fourth-order valence-electron chi connectivity index (χ4n) is 2.86. The average molecular weight is 388 g/mol. The maximum Gasteiger partial charge on any atom is 0.250 e. The number of fused-ring (bicyclic) bond motifs is 1. The molecule has 2 heterocycles. The van der Waals surface area contributed by atoms with Crippen molar-refractivity contribution in [1.82, 2.24) is 14.6 Å². The molecule has 140 valence electrons. The van der Waals surface area contributed by atoms with Crippen LogP contribution in [0.25, 0.3) is 22.3 Å². The Hall–Kier alpha value is -3.25. The van der Waals surface area contributed by atoms with Gasteiger partial charge in [0.25, 0.3) is 11.9 Å². The number of benzene rings is 2. The molecule has 0 saturated carbocycles. The van der Waals surface area contributed by atoms with Gasteiger partial charge in [-0.3, -0.25) is 10.1 Å². The van der Waals surface area contributed by atoms with Gasteiger partial charge in [-0.2, -0.15) is 4.98 Å². The molecule has 0 radical (unpaired) electrons. The van der Waals surface area contributed by atoms with E-state index >= 15 is 0 Å². The smallest absolute Gasteiger partial charge is 0.250 e. The number of anilines is 1. The summed E-state index contributed by atoms with van der Waals surface area (Å²) in [4.78, 5) is 17.4. The van der Waals surface area contributed by atoms with Crippen molar-refractivity contribution in [2.75, 3.05) is 5.32 Å². The molecule has 1 amide bonds. The maximum atomic E-state index is 12.2. The van der Waals surface area contributed by atoms with Gasteiger partial charge in [-0.1, -0.05) is 68.4 Å². The summed E-state index contributed by atoms with van der Waals surface area (Å²) in [5.74, 6) is 0.532. The van der Waals surface area contributed by atoms with Crippen molar-refractivity contribution in [2.45, 2.75) is 19.8 Å². The van der Waals surface area contributed by atoms with Crippen LogP contribution >= 0.6 is 11.3 Å². The lowest BCUT2D eigenvalue weighted by atomic mass is 10.0. The van der Waals surface area contributed by atoms with Crippen molar-refractivity contribution in [1.29, 1.82) is 0 Å². The Balaban J connectivity index is 1.47. The summed E-state index contributed by atoms with van der Waals surface area (Å²) in [6.45, 7) is 4.31. The van der Waals surface area contributed by atoms with Gasteiger partial charge in [0.2, 0.25) is 4.96 Å². The Kier molecular flexibility index (Phi) is 5.04. The fraction of sp³-hybridized carbons (Fsp3) is 0.136. The molecule has 4 rings (SSSR count). The second-order valence-corrected chi connectivity index (χ2v) is 7.60. The van der Waals surface area contributed by atoms with Gasteiger partial charge in [0.1, 0.15) is 0 Å². The number of amides is 1. The van der Waals surface area contributed by atoms with Crippen molar-refractivity contribution >= 4 is 34.2 Å². The molecule has 1 N–H and O–H groups in total. The summed E-state index contributed by atoms with van der Waals surface area (Å²) in [6, 6.07) is 18.2. The van der Waals surface area contributed by atoms with Crippen LogP contribution in [0.2, 0.25) is 0 Å². The topological polar surface area (TPSA) is 59.3 Å². The van der Waals surface area contributed by atoms with E-state index in [1.54, 1.807) is 10.6 Å². The highest BCUT2D eigenvalue weighted by molar-refractivity contribution is 7.15. The first-order valence-corrected chi connectivity index (χ1v) is 9.97. The van der Waals surface area contributed by atoms with Gasteiger partial charge in [0.15, 0.2) is 0 Å². The molecule has 0 aliphatic carbocycles. The molecule has 0 bridgehead atoms. The number of hydrogen-bond acceptors (Lipinski definition) is 4. The molecule has 4 aromatic rings. The van der Waals surface area contributed by atoms with E-state index in [-0.39, 0.29) is 5.91 Å². The van der Waals surface area contributed by atoms with E-state index in [1.165, 1.54) is 23.0 Å². The van der Waals surface area contributed by atoms with E-state index in [1.807, 2.05) is 47.8 Å². The predicted octanol–water partition coefficient (Wildman–Crippen LogP) is 5.23. The van der Waals surface area contributed by atoms with Gasteiger partial charge in [0, 0.05) is 17.0 Å². The van der Waals surface area contributed by atoms with Crippen LogP contribution in [0, 0.1) is 0 Å². The van der Waals surface area contributed by atoms with E-state index < -0.39 is 0 Å². The fourth-order valence-corrected chi connectivity index (χ4v) is 3.69. The lowest BCUT2D eigenvalue weighted by Crippen LogP contribution is -2.09. The molecule has 0 atom stereocenters. The van der Waals surface area contributed by atoms with Crippen LogP contribution < -0.4 is 5.32 Å². The van der Waals surface area contributed by atoms with Crippen molar-refractivity contribution in [2.24, 2.45) is 0 Å². The highest BCUT2D eigenvalue weighted by atomic mass is 32.1. The number of nitrogens with zero attached hydrogens (tertiary/aromatic N) is 3. The van der Waals surface area contributed by atoms with Crippen molar-refractivity contribution in [3.8, 4) is 11.3 Å². The highest BCUT2D eigenvalue weighted by Gasteiger charge is 2.12. The third-order valence-corrected chi connectivity index (χ3v) is 5.23. The predicted molar refractivity (Wildman–Crippen MR) is 114 cm³/mol. The minimum atomic E-state index is -0.257. The summed E-state index contributed by atoms with van der Waals surface area (Å²) < 4.78 is 1.75. The minimum absolute atomic E-state index is 0.257. The molecule has 0 unspecified atom stereocenters. The Bertz CT molecular complexity index is 1120. The van der Waals surface area contributed by atoms with E-state index in [4.69, 9.17) is 0 Å². The Morgan fingerprint density at radius 2 is 1.86 bits per heavy atom. The molecule has 2 aromatic carbocycles. The summed E-state index contributed by atoms with van der Waals surface area (Å²) in [6.07, 6.45) is 3.28. The zero-order valence-electron chi connectivity index (χ0n) is 15.7. The first-order chi connectivity index (χ1) is 13.6. The largest absolute Gasteiger partial charge is 0.290 e. The quantitative estimate of drug-likeness (QED) is 0.476. The van der Waals surface area contributed by atoms with E-state index in [2.05, 4.69) is 41.4 Å². The molecule has 6 heteroatoms. The van der Waals surface area contributed by atoms with Crippen molar-refractivity contribution in [3.05, 3.63) is 77.2 Å². The normalized spacial score (nSPS) is 11.5. The Morgan fingerprint density at radius 1 is 1.11 bits per heavy atom. The van der Waals surface area contributed by atoms with Crippen molar-refractivity contribution in [3.63, 3.8) is 0 Å². The summed E-state index contributed by atoms with van der Waals surface area (Å²) >= 11 is 1.49. The molecule has 2 aromatic heterocycles. The van der Waals surface area contributed by atoms with Gasteiger partial charge in [-0.25, -0.2) is 4.52 Å². The summed E-state index contributed by atoms with van der Waals surface area (Å²) in [5.41, 5.74) is 4.26. The van der Waals surface area contributed by atoms with Crippen molar-refractivity contribution < 1.29 is 4.79 Å². The molecule has 5 nitrogen and oxygen atoms in total. The van der Waals surface area contributed by atoms with Crippen LogP contribution in [0.1, 0.15) is 30.9 Å². The van der Waals surface area contributed by atoms with Gasteiger partial charge in [-0.15, -0.1) is 16.4 Å². The number of carbonyl (C=O) groups is 1.